The van der Waals surface area contributed by atoms with E-state index < -0.39 is 0 Å². The van der Waals surface area contributed by atoms with Crippen LogP contribution in [0.4, 0.5) is 0 Å². The number of aromatic nitrogens is 2. The smallest absolute Gasteiger partial charge is 0.260 e. The second kappa shape index (κ2) is 8.98. The standard InChI is InChI=1S/C23H25N3O4/c1-28-17-8-5-7-16(13-17)14-18-15-25-22(30-18)20-10-3-4-12-26(20)23(27)19-9-6-11-24-21(19)29-2/h5-9,11,13,15,20H,3-4,10,12,14H2,1-2H3/t20-/m0/s1. The lowest BCUT2D eigenvalue weighted by Crippen LogP contribution is -2.38. The summed E-state index contributed by atoms with van der Waals surface area (Å²) in [7, 11) is 3.17. The summed E-state index contributed by atoms with van der Waals surface area (Å²) in [4.78, 5) is 23.7. The molecule has 3 aromatic rings. The molecule has 1 atom stereocenters. The van der Waals surface area contributed by atoms with Gasteiger partial charge in [-0.25, -0.2) is 9.97 Å². The topological polar surface area (TPSA) is 77.7 Å². The molecule has 0 N–H and O–H groups in total. The minimum Gasteiger partial charge on any atom is -0.497 e. The lowest BCUT2D eigenvalue weighted by atomic mass is 10.0. The van der Waals surface area contributed by atoms with Gasteiger partial charge in [0, 0.05) is 19.2 Å². The van der Waals surface area contributed by atoms with E-state index in [0.29, 0.717) is 30.3 Å². The van der Waals surface area contributed by atoms with E-state index in [1.54, 1.807) is 31.6 Å². The van der Waals surface area contributed by atoms with Crippen molar-refractivity contribution in [3.8, 4) is 11.6 Å². The van der Waals surface area contributed by atoms with E-state index in [4.69, 9.17) is 13.9 Å². The Balaban J connectivity index is 1.55. The van der Waals surface area contributed by atoms with Gasteiger partial charge in [-0.2, -0.15) is 0 Å². The van der Waals surface area contributed by atoms with Gasteiger partial charge in [0.15, 0.2) is 0 Å². The second-order valence-electron chi connectivity index (χ2n) is 7.26. The van der Waals surface area contributed by atoms with Gasteiger partial charge in [-0.1, -0.05) is 12.1 Å². The summed E-state index contributed by atoms with van der Waals surface area (Å²) in [5, 5.41) is 0. The molecule has 1 aliphatic heterocycles. The van der Waals surface area contributed by atoms with Crippen LogP contribution in [0.5, 0.6) is 11.6 Å². The molecule has 4 rings (SSSR count). The maximum atomic E-state index is 13.3. The molecular formula is C23H25N3O4. The van der Waals surface area contributed by atoms with Crippen LogP contribution in [0.2, 0.25) is 0 Å². The van der Waals surface area contributed by atoms with Gasteiger partial charge in [-0.15, -0.1) is 0 Å². The van der Waals surface area contributed by atoms with Crippen LogP contribution in [0.1, 0.15) is 52.9 Å². The van der Waals surface area contributed by atoms with Crippen molar-refractivity contribution in [1.29, 1.82) is 0 Å². The third-order valence-electron chi connectivity index (χ3n) is 5.33. The zero-order valence-electron chi connectivity index (χ0n) is 17.2. The van der Waals surface area contributed by atoms with Crippen LogP contribution < -0.4 is 9.47 Å². The minimum atomic E-state index is -0.199. The van der Waals surface area contributed by atoms with Gasteiger partial charge in [0.25, 0.3) is 5.91 Å². The number of piperidine rings is 1. The van der Waals surface area contributed by atoms with Crippen LogP contribution in [0.25, 0.3) is 0 Å². The van der Waals surface area contributed by atoms with E-state index in [0.717, 1.165) is 36.3 Å². The van der Waals surface area contributed by atoms with Crippen molar-refractivity contribution in [1.82, 2.24) is 14.9 Å². The van der Waals surface area contributed by atoms with Crippen molar-refractivity contribution in [3.63, 3.8) is 0 Å². The lowest BCUT2D eigenvalue weighted by molar-refractivity contribution is 0.0566. The third-order valence-corrected chi connectivity index (χ3v) is 5.33. The second-order valence-corrected chi connectivity index (χ2v) is 7.26. The Kier molecular flexibility index (Phi) is 5.97. The summed E-state index contributed by atoms with van der Waals surface area (Å²) in [6.45, 7) is 0.648. The summed E-state index contributed by atoms with van der Waals surface area (Å²) >= 11 is 0. The lowest BCUT2D eigenvalue weighted by Gasteiger charge is -2.34. The number of hydrogen-bond acceptors (Lipinski definition) is 6. The van der Waals surface area contributed by atoms with Crippen molar-refractivity contribution in [3.05, 3.63) is 71.6 Å². The molecule has 0 bridgehead atoms. The molecule has 0 radical (unpaired) electrons. The molecule has 30 heavy (non-hydrogen) atoms. The number of likely N-dealkylation sites (tertiary alicyclic amines) is 1. The SMILES string of the molecule is COc1cccc(Cc2cnc([C@@H]3CCCCN3C(=O)c3cccnc3OC)o2)c1. The van der Waals surface area contributed by atoms with Crippen LogP contribution in [-0.2, 0) is 6.42 Å². The molecule has 0 saturated carbocycles. The van der Waals surface area contributed by atoms with Crippen LogP contribution >= 0.6 is 0 Å². The zero-order valence-corrected chi connectivity index (χ0v) is 17.2. The molecule has 0 spiro atoms. The molecule has 2 aromatic heterocycles. The molecule has 3 heterocycles. The molecule has 1 aliphatic rings. The van der Waals surface area contributed by atoms with Crippen LogP contribution in [0.15, 0.2) is 53.2 Å². The van der Waals surface area contributed by atoms with Gasteiger partial charge in [0.1, 0.15) is 23.1 Å². The first-order valence-corrected chi connectivity index (χ1v) is 10.1. The molecule has 1 saturated heterocycles. The highest BCUT2D eigenvalue weighted by Crippen LogP contribution is 2.33. The van der Waals surface area contributed by atoms with Crippen molar-refractivity contribution < 1.29 is 18.7 Å². The number of benzene rings is 1. The predicted octanol–water partition coefficient (Wildman–Crippen LogP) is 4.05. The average Bonchev–Trinajstić information content (AvgIpc) is 3.27. The molecule has 156 valence electrons. The predicted molar refractivity (Wildman–Crippen MR) is 111 cm³/mol. The van der Waals surface area contributed by atoms with Crippen molar-refractivity contribution in [2.45, 2.75) is 31.7 Å². The van der Waals surface area contributed by atoms with Crippen molar-refractivity contribution in [2.75, 3.05) is 20.8 Å². The van der Waals surface area contributed by atoms with Crippen LogP contribution in [0.3, 0.4) is 0 Å². The molecule has 1 aromatic carbocycles. The highest BCUT2D eigenvalue weighted by Gasteiger charge is 2.33. The van der Waals surface area contributed by atoms with E-state index in [9.17, 15) is 4.79 Å². The van der Waals surface area contributed by atoms with Crippen LogP contribution in [-0.4, -0.2) is 41.5 Å². The average molecular weight is 407 g/mol. The summed E-state index contributed by atoms with van der Waals surface area (Å²) in [5.41, 5.74) is 1.53. The fraction of sp³-hybridized carbons (Fsp3) is 0.348. The fourth-order valence-corrected chi connectivity index (χ4v) is 3.84. The molecule has 1 fully saturated rings. The number of amides is 1. The normalized spacial score (nSPS) is 16.3. The number of oxazole rings is 1. The van der Waals surface area contributed by atoms with Gasteiger partial charge in [0.05, 0.1) is 20.4 Å². The highest BCUT2D eigenvalue weighted by molar-refractivity contribution is 5.96. The zero-order chi connectivity index (χ0) is 20.9. The number of carbonyl (C=O) groups is 1. The van der Waals surface area contributed by atoms with E-state index in [1.807, 2.05) is 29.2 Å². The maximum Gasteiger partial charge on any atom is 0.260 e. The number of ether oxygens (including phenoxy) is 2. The van der Waals surface area contributed by atoms with Gasteiger partial charge in [-0.3, -0.25) is 4.79 Å². The Morgan fingerprint density at radius 3 is 2.90 bits per heavy atom. The Bertz CT molecular complexity index is 1020. The maximum absolute atomic E-state index is 13.3. The Morgan fingerprint density at radius 1 is 1.17 bits per heavy atom. The van der Waals surface area contributed by atoms with Gasteiger partial charge < -0.3 is 18.8 Å². The first-order valence-electron chi connectivity index (χ1n) is 10.1. The number of pyridine rings is 1. The van der Waals surface area contributed by atoms with E-state index in [-0.39, 0.29) is 11.9 Å². The van der Waals surface area contributed by atoms with Crippen LogP contribution in [0, 0.1) is 0 Å². The number of carbonyl (C=O) groups excluding carboxylic acids is 1. The largest absolute Gasteiger partial charge is 0.497 e. The number of methoxy groups -OCH3 is 2. The third kappa shape index (κ3) is 4.15. The van der Waals surface area contributed by atoms with Crippen molar-refractivity contribution >= 4 is 5.91 Å². The molecule has 7 heteroatoms. The Morgan fingerprint density at radius 2 is 2.07 bits per heavy atom. The Hall–Kier alpha value is -3.35. The monoisotopic (exact) mass is 407 g/mol. The summed E-state index contributed by atoms with van der Waals surface area (Å²) < 4.78 is 16.6. The first kappa shape index (κ1) is 19.9. The summed E-state index contributed by atoms with van der Waals surface area (Å²) in [5.74, 6) is 2.36. The minimum absolute atomic E-state index is 0.114. The van der Waals surface area contributed by atoms with E-state index >= 15 is 0 Å². The quantitative estimate of drug-likeness (QED) is 0.614. The molecule has 0 unspecified atom stereocenters. The molecule has 1 amide bonds. The van der Waals surface area contributed by atoms with Crippen molar-refractivity contribution in [2.24, 2.45) is 0 Å². The summed E-state index contributed by atoms with van der Waals surface area (Å²) in [6, 6.07) is 11.1. The Labute approximate surface area is 175 Å². The first-order chi connectivity index (χ1) is 14.7. The van der Waals surface area contributed by atoms with E-state index in [1.165, 1.54) is 7.11 Å². The number of rotatable bonds is 6. The van der Waals surface area contributed by atoms with Gasteiger partial charge in [0.2, 0.25) is 11.8 Å². The van der Waals surface area contributed by atoms with Gasteiger partial charge >= 0.3 is 0 Å². The number of nitrogens with zero attached hydrogens (tertiary/aromatic N) is 3. The number of hydrogen-bond donors (Lipinski definition) is 0. The fourth-order valence-electron chi connectivity index (χ4n) is 3.84. The van der Waals surface area contributed by atoms with Gasteiger partial charge in [-0.05, 0) is 49.1 Å². The highest BCUT2D eigenvalue weighted by atomic mass is 16.5. The molecule has 0 aliphatic carbocycles. The summed E-state index contributed by atoms with van der Waals surface area (Å²) in [6.07, 6.45) is 6.75. The molecule has 7 nitrogen and oxygen atoms in total. The van der Waals surface area contributed by atoms with E-state index in [2.05, 4.69) is 9.97 Å². The molecular weight excluding hydrogens is 382 g/mol.